The lowest BCUT2D eigenvalue weighted by molar-refractivity contribution is 0.621. The van der Waals surface area contributed by atoms with Gasteiger partial charge in [-0.15, -0.1) is 23.1 Å². The molecule has 4 heteroatoms. The van der Waals surface area contributed by atoms with E-state index in [-0.39, 0.29) is 0 Å². The molecule has 2 rings (SSSR count). The van der Waals surface area contributed by atoms with E-state index in [0.717, 1.165) is 12.2 Å². The minimum Gasteiger partial charge on any atom is -0.316 e. The van der Waals surface area contributed by atoms with Crippen molar-refractivity contribution in [3.05, 3.63) is 46.9 Å². The van der Waals surface area contributed by atoms with E-state index in [9.17, 15) is 0 Å². The molecule has 0 amide bonds. The maximum atomic E-state index is 4.11. The van der Waals surface area contributed by atoms with Crippen LogP contribution in [0.15, 0.2) is 46.9 Å². The van der Waals surface area contributed by atoms with Crippen molar-refractivity contribution in [2.45, 2.75) is 17.4 Å². The summed E-state index contributed by atoms with van der Waals surface area (Å²) < 4.78 is 0. The van der Waals surface area contributed by atoms with Crippen LogP contribution in [0.5, 0.6) is 0 Å². The molecular weight excluding hydrogens is 248 g/mol. The summed E-state index contributed by atoms with van der Waals surface area (Å²) in [5.41, 5.74) is 1.90. The molecule has 1 unspecified atom stereocenters. The molecule has 0 saturated heterocycles. The average molecular weight is 264 g/mol. The number of nitrogens with zero attached hydrogens (tertiary/aromatic N) is 1. The zero-order valence-corrected chi connectivity index (χ0v) is 11.4. The van der Waals surface area contributed by atoms with Crippen LogP contribution in [-0.4, -0.2) is 23.8 Å². The van der Waals surface area contributed by atoms with Crippen LogP contribution in [0.25, 0.3) is 0 Å². The summed E-state index contributed by atoms with van der Waals surface area (Å²) in [6.07, 6.45) is 3.02. The quantitative estimate of drug-likeness (QED) is 0.812. The number of thiazole rings is 1. The van der Waals surface area contributed by atoms with Crippen molar-refractivity contribution in [3.8, 4) is 0 Å². The molecule has 0 radical (unpaired) electrons. The first kappa shape index (κ1) is 12.6. The minimum atomic E-state index is 0.501. The van der Waals surface area contributed by atoms with E-state index in [1.54, 1.807) is 11.3 Å². The summed E-state index contributed by atoms with van der Waals surface area (Å²) in [6, 6.07) is 11.0. The van der Waals surface area contributed by atoms with E-state index < -0.39 is 0 Å². The summed E-state index contributed by atoms with van der Waals surface area (Å²) in [7, 11) is 2.03. The third-order valence-corrected chi connectivity index (χ3v) is 4.51. The number of aromatic nitrogens is 1. The van der Waals surface area contributed by atoms with Crippen molar-refractivity contribution >= 4 is 23.1 Å². The van der Waals surface area contributed by atoms with Gasteiger partial charge in [0, 0.05) is 27.8 Å². The van der Waals surface area contributed by atoms with Gasteiger partial charge in [-0.3, -0.25) is 4.98 Å². The van der Waals surface area contributed by atoms with Gasteiger partial charge >= 0.3 is 0 Å². The lowest BCUT2D eigenvalue weighted by atomic mass is 10.2. The topological polar surface area (TPSA) is 24.9 Å². The molecule has 0 aliphatic rings. The normalized spacial score (nSPS) is 12.5. The van der Waals surface area contributed by atoms with E-state index in [1.807, 2.05) is 30.5 Å². The number of nitrogens with one attached hydrogen (secondary N) is 1. The Bertz CT molecular complexity index is 414. The maximum absolute atomic E-state index is 4.11. The zero-order valence-electron chi connectivity index (χ0n) is 9.80. The molecule has 0 aliphatic heterocycles. The molecule has 90 valence electrons. The lowest BCUT2D eigenvalue weighted by Gasteiger charge is -2.14. The van der Waals surface area contributed by atoms with Gasteiger partial charge in [0.15, 0.2) is 0 Å². The second-order valence-corrected chi connectivity index (χ2v) is 5.85. The highest BCUT2D eigenvalue weighted by Crippen LogP contribution is 2.19. The Balaban J connectivity index is 1.84. The third-order valence-electron chi connectivity index (χ3n) is 2.53. The SMILES string of the molecule is CNC(CSc1ccccc1)Cc1cncs1. The predicted molar refractivity (Wildman–Crippen MR) is 75.8 cm³/mol. The van der Waals surface area contributed by atoms with E-state index >= 15 is 0 Å². The molecule has 0 spiro atoms. The molecular formula is C13H16N2S2. The van der Waals surface area contributed by atoms with E-state index in [0.29, 0.717) is 6.04 Å². The van der Waals surface area contributed by atoms with Gasteiger partial charge in [0.25, 0.3) is 0 Å². The van der Waals surface area contributed by atoms with E-state index in [1.165, 1.54) is 9.77 Å². The highest BCUT2D eigenvalue weighted by molar-refractivity contribution is 7.99. The van der Waals surface area contributed by atoms with Crippen LogP contribution in [0.1, 0.15) is 4.88 Å². The molecule has 1 aromatic heterocycles. The van der Waals surface area contributed by atoms with Gasteiger partial charge < -0.3 is 5.32 Å². The highest BCUT2D eigenvalue weighted by atomic mass is 32.2. The van der Waals surface area contributed by atoms with Crippen molar-refractivity contribution in [1.29, 1.82) is 0 Å². The Morgan fingerprint density at radius 2 is 2.18 bits per heavy atom. The summed E-state index contributed by atoms with van der Waals surface area (Å²) in [5.74, 6) is 1.08. The van der Waals surface area contributed by atoms with Crippen LogP contribution in [0.2, 0.25) is 0 Å². The maximum Gasteiger partial charge on any atom is 0.0794 e. The molecule has 0 fully saturated rings. The van der Waals surface area contributed by atoms with Crippen molar-refractivity contribution in [1.82, 2.24) is 10.3 Å². The Morgan fingerprint density at radius 1 is 1.35 bits per heavy atom. The highest BCUT2D eigenvalue weighted by Gasteiger charge is 2.08. The third kappa shape index (κ3) is 4.15. The van der Waals surface area contributed by atoms with Crippen molar-refractivity contribution in [3.63, 3.8) is 0 Å². The van der Waals surface area contributed by atoms with Crippen molar-refractivity contribution < 1.29 is 0 Å². The summed E-state index contributed by atoms with van der Waals surface area (Å²) in [5, 5.41) is 3.37. The standard InChI is InChI=1S/C13H16N2S2/c1-14-11(7-13-8-15-10-17-13)9-16-12-5-3-2-4-6-12/h2-6,8,10-11,14H,7,9H2,1H3. The van der Waals surface area contributed by atoms with Crippen LogP contribution < -0.4 is 5.32 Å². The summed E-state index contributed by atoms with van der Waals surface area (Å²) in [6.45, 7) is 0. The van der Waals surface area contributed by atoms with Crippen LogP contribution >= 0.6 is 23.1 Å². The van der Waals surface area contributed by atoms with Gasteiger partial charge in [0.05, 0.1) is 5.51 Å². The number of likely N-dealkylation sites (N-methyl/N-ethyl adjacent to an activating group) is 1. The monoisotopic (exact) mass is 264 g/mol. The first-order valence-corrected chi connectivity index (χ1v) is 7.47. The molecule has 17 heavy (non-hydrogen) atoms. The van der Waals surface area contributed by atoms with Crippen molar-refractivity contribution in [2.75, 3.05) is 12.8 Å². The smallest absolute Gasteiger partial charge is 0.0794 e. The first-order chi connectivity index (χ1) is 8.38. The van der Waals surface area contributed by atoms with Crippen LogP contribution in [0.3, 0.4) is 0 Å². The van der Waals surface area contributed by atoms with Gasteiger partial charge in [-0.2, -0.15) is 0 Å². The minimum absolute atomic E-state index is 0.501. The fourth-order valence-corrected chi connectivity index (χ4v) is 3.25. The Hall–Kier alpha value is -0.840. The molecule has 1 aromatic carbocycles. The van der Waals surface area contributed by atoms with Gasteiger partial charge in [0.1, 0.15) is 0 Å². The van der Waals surface area contributed by atoms with Gasteiger partial charge in [0.2, 0.25) is 0 Å². The molecule has 1 N–H and O–H groups in total. The average Bonchev–Trinajstić information content (AvgIpc) is 2.88. The summed E-state index contributed by atoms with van der Waals surface area (Å²) in [4.78, 5) is 6.79. The molecule has 2 aromatic rings. The van der Waals surface area contributed by atoms with Gasteiger partial charge in [-0.05, 0) is 25.6 Å². The van der Waals surface area contributed by atoms with E-state index in [4.69, 9.17) is 0 Å². The second kappa shape index (κ2) is 6.79. The van der Waals surface area contributed by atoms with Crippen LogP contribution in [0.4, 0.5) is 0 Å². The van der Waals surface area contributed by atoms with Gasteiger partial charge in [-0.1, -0.05) is 18.2 Å². The molecule has 1 heterocycles. The van der Waals surface area contributed by atoms with Crippen LogP contribution in [-0.2, 0) is 6.42 Å². The number of rotatable bonds is 6. The van der Waals surface area contributed by atoms with Crippen molar-refractivity contribution in [2.24, 2.45) is 0 Å². The zero-order chi connectivity index (χ0) is 11.9. The number of thioether (sulfide) groups is 1. The fraction of sp³-hybridized carbons (Fsp3) is 0.308. The number of benzene rings is 1. The van der Waals surface area contributed by atoms with E-state index in [2.05, 4.69) is 40.6 Å². The Kier molecular flexibility index (Phi) is 5.04. The number of hydrogen-bond acceptors (Lipinski definition) is 4. The molecule has 0 bridgehead atoms. The summed E-state index contributed by atoms with van der Waals surface area (Å²) >= 11 is 3.62. The number of hydrogen-bond donors (Lipinski definition) is 1. The predicted octanol–water partition coefficient (Wildman–Crippen LogP) is 3.07. The molecule has 2 nitrogen and oxygen atoms in total. The van der Waals surface area contributed by atoms with Gasteiger partial charge in [-0.25, -0.2) is 0 Å². The molecule has 1 atom stereocenters. The second-order valence-electron chi connectivity index (χ2n) is 3.78. The first-order valence-electron chi connectivity index (χ1n) is 5.61. The molecule has 0 saturated carbocycles. The van der Waals surface area contributed by atoms with Crippen LogP contribution in [0, 0.1) is 0 Å². The molecule has 0 aliphatic carbocycles. The fourth-order valence-electron chi connectivity index (χ4n) is 1.54. The lowest BCUT2D eigenvalue weighted by Crippen LogP contribution is -2.29. The Morgan fingerprint density at radius 3 is 2.82 bits per heavy atom. The largest absolute Gasteiger partial charge is 0.316 e. The Labute approximate surface area is 110 Å².